The van der Waals surface area contributed by atoms with E-state index in [1.54, 1.807) is 12.5 Å². The second-order valence-corrected chi connectivity index (χ2v) is 3.42. The Kier molecular flexibility index (Phi) is 3.05. The molecule has 1 aromatic heterocycles. The maximum atomic E-state index is 6.07. The molecule has 3 heteroatoms. The highest BCUT2D eigenvalue weighted by Gasteiger charge is 2.06. The summed E-state index contributed by atoms with van der Waals surface area (Å²) in [5.74, 6) is 0. The highest BCUT2D eigenvalue weighted by Crippen LogP contribution is 2.13. The summed E-state index contributed by atoms with van der Waals surface area (Å²) >= 11 is 0. The largest absolute Gasteiger partial charge is 0.324 e. The zero-order valence-electron chi connectivity index (χ0n) is 8.38. The second kappa shape index (κ2) is 4.66. The van der Waals surface area contributed by atoms with Crippen LogP contribution in [0.25, 0.3) is 0 Å². The molecule has 1 unspecified atom stereocenters. The molecule has 2 rings (SSSR count). The maximum Gasteiger partial charge on any atom is 0.115 e. The van der Waals surface area contributed by atoms with Crippen molar-refractivity contribution in [1.29, 1.82) is 0 Å². The van der Waals surface area contributed by atoms with Gasteiger partial charge in [0.1, 0.15) is 6.33 Å². The average Bonchev–Trinajstić information content (AvgIpc) is 2.31. The van der Waals surface area contributed by atoms with Gasteiger partial charge < -0.3 is 5.73 Å². The van der Waals surface area contributed by atoms with Crippen LogP contribution in [-0.2, 0) is 6.42 Å². The monoisotopic (exact) mass is 199 g/mol. The molecule has 1 atom stereocenters. The Morgan fingerprint density at radius 3 is 2.60 bits per heavy atom. The fraction of sp³-hybridized carbons (Fsp3) is 0.167. The first-order valence-electron chi connectivity index (χ1n) is 4.91. The summed E-state index contributed by atoms with van der Waals surface area (Å²) in [5.41, 5.74) is 8.18. The molecule has 1 heterocycles. The summed E-state index contributed by atoms with van der Waals surface area (Å²) in [7, 11) is 0. The van der Waals surface area contributed by atoms with Crippen LogP contribution in [0.1, 0.15) is 17.3 Å². The van der Waals surface area contributed by atoms with Crippen LogP contribution in [-0.4, -0.2) is 9.97 Å². The molecule has 0 radical (unpaired) electrons. The smallest absolute Gasteiger partial charge is 0.115 e. The summed E-state index contributed by atoms with van der Waals surface area (Å²) in [6.45, 7) is 0. The van der Waals surface area contributed by atoms with Crippen molar-refractivity contribution in [2.75, 3.05) is 0 Å². The Morgan fingerprint density at radius 1 is 1.13 bits per heavy atom. The number of hydrogen-bond donors (Lipinski definition) is 1. The quantitative estimate of drug-likeness (QED) is 0.818. The SMILES string of the molecule is NC(Cc1ccncn1)c1ccccc1. The van der Waals surface area contributed by atoms with E-state index in [4.69, 9.17) is 5.73 Å². The predicted molar refractivity (Wildman–Crippen MR) is 59.1 cm³/mol. The van der Waals surface area contributed by atoms with Gasteiger partial charge in [0.2, 0.25) is 0 Å². The lowest BCUT2D eigenvalue weighted by Crippen LogP contribution is -2.13. The van der Waals surface area contributed by atoms with Gasteiger partial charge >= 0.3 is 0 Å². The van der Waals surface area contributed by atoms with E-state index in [-0.39, 0.29) is 6.04 Å². The van der Waals surface area contributed by atoms with Crippen molar-refractivity contribution < 1.29 is 0 Å². The summed E-state index contributed by atoms with van der Waals surface area (Å²) in [4.78, 5) is 8.03. The Labute approximate surface area is 89.0 Å². The highest BCUT2D eigenvalue weighted by atomic mass is 14.8. The molecular formula is C12H13N3. The number of nitrogens with two attached hydrogens (primary N) is 1. The average molecular weight is 199 g/mol. The predicted octanol–water partition coefficient (Wildman–Crippen LogP) is 1.72. The minimum absolute atomic E-state index is 0.00102. The lowest BCUT2D eigenvalue weighted by molar-refractivity contribution is 0.704. The second-order valence-electron chi connectivity index (χ2n) is 3.42. The van der Waals surface area contributed by atoms with Crippen LogP contribution < -0.4 is 5.73 Å². The van der Waals surface area contributed by atoms with Gasteiger partial charge in [-0.25, -0.2) is 9.97 Å². The van der Waals surface area contributed by atoms with Gasteiger partial charge in [0.25, 0.3) is 0 Å². The minimum atomic E-state index is 0.00102. The van der Waals surface area contributed by atoms with E-state index in [2.05, 4.69) is 9.97 Å². The van der Waals surface area contributed by atoms with Crippen LogP contribution in [0, 0.1) is 0 Å². The van der Waals surface area contributed by atoms with Gasteiger partial charge in [-0.1, -0.05) is 30.3 Å². The van der Waals surface area contributed by atoms with Crippen LogP contribution in [0.3, 0.4) is 0 Å². The van der Waals surface area contributed by atoms with Crippen LogP contribution in [0.15, 0.2) is 48.9 Å². The molecule has 0 aliphatic rings. The summed E-state index contributed by atoms with van der Waals surface area (Å²) in [6, 6.07) is 11.9. The highest BCUT2D eigenvalue weighted by molar-refractivity contribution is 5.20. The number of hydrogen-bond acceptors (Lipinski definition) is 3. The Balaban J connectivity index is 2.08. The van der Waals surface area contributed by atoms with Crippen molar-refractivity contribution in [3.63, 3.8) is 0 Å². The molecule has 0 amide bonds. The summed E-state index contributed by atoms with van der Waals surface area (Å²) in [5, 5.41) is 0. The lowest BCUT2D eigenvalue weighted by atomic mass is 10.0. The number of nitrogens with zero attached hydrogens (tertiary/aromatic N) is 2. The summed E-state index contributed by atoms with van der Waals surface area (Å²) in [6.07, 6.45) is 4.03. The van der Waals surface area contributed by atoms with Crippen LogP contribution in [0.5, 0.6) is 0 Å². The molecule has 15 heavy (non-hydrogen) atoms. The van der Waals surface area contributed by atoms with Crippen molar-refractivity contribution in [3.8, 4) is 0 Å². The van der Waals surface area contributed by atoms with E-state index >= 15 is 0 Å². The molecule has 0 bridgehead atoms. The molecule has 1 aromatic carbocycles. The van der Waals surface area contributed by atoms with Gasteiger partial charge in [-0.15, -0.1) is 0 Å². The topological polar surface area (TPSA) is 51.8 Å². The molecule has 3 nitrogen and oxygen atoms in total. The van der Waals surface area contributed by atoms with Crippen LogP contribution in [0.2, 0.25) is 0 Å². The molecule has 0 spiro atoms. The maximum absolute atomic E-state index is 6.07. The fourth-order valence-electron chi connectivity index (χ4n) is 1.48. The summed E-state index contributed by atoms with van der Waals surface area (Å²) < 4.78 is 0. The Hall–Kier alpha value is -1.74. The lowest BCUT2D eigenvalue weighted by Gasteiger charge is -2.10. The number of aromatic nitrogens is 2. The molecule has 0 saturated carbocycles. The number of rotatable bonds is 3. The van der Waals surface area contributed by atoms with E-state index in [1.807, 2.05) is 36.4 Å². The van der Waals surface area contributed by atoms with Crippen molar-refractivity contribution in [3.05, 3.63) is 60.2 Å². The Bertz CT molecular complexity index is 400. The van der Waals surface area contributed by atoms with E-state index in [0.717, 1.165) is 17.7 Å². The van der Waals surface area contributed by atoms with Crippen molar-refractivity contribution in [2.45, 2.75) is 12.5 Å². The first-order valence-corrected chi connectivity index (χ1v) is 4.91. The standard InChI is InChI=1S/C12H13N3/c13-12(10-4-2-1-3-5-10)8-11-6-7-14-9-15-11/h1-7,9,12H,8,13H2. The van der Waals surface area contributed by atoms with Gasteiger partial charge in [-0.05, 0) is 11.6 Å². The van der Waals surface area contributed by atoms with Gasteiger partial charge in [0.15, 0.2) is 0 Å². The first-order chi connectivity index (χ1) is 7.36. The van der Waals surface area contributed by atoms with Gasteiger partial charge in [-0.2, -0.15) is 0 Å². The molecule has 0 saturated heterocycles. The first kappa shape index (κ1) is 9.80. The fourth-order valence-corrected chi connectivity index (χ4v) is 1.48. The van der Waals surface area contributed by atoms with Crippen LogP contribution >= 0.6 is 0 Å². The Morgan fingerprint density at radius 2 is 1.93 bits per heavy atom. The van der Waals surface area contributed by atoms with Crippen molar-refractivity contribution >= 4 is 0 Å². The normalized spacial score (nSPS) is 12.3. The van der Waals surface area contributed by atoms with Gasteiger partial charge in [0, 0.05) is 24.4 Å². The van der Waals surface area contributed by atoms with Crippen molar-refractivity contribution in [2.24, 2.45) is 5.73 Å². The van der Waals surface area contributed by atoms with E-state index < -0.39 is 0 Å². The van der Waals surface area contributed by atoms with E-state index in [9.17, 15) is 0 Å². The molecular weight excluding hydrogens is 186 g/mol. The molecule has 2 aromatic rings. The van der Waals surface area contributed by atoms with Gasteiger partial charge in [-0.3, -0.25) is 0 Å². The van der Waals surface area contributed by atoms with Gasteiger partial charge in [0.05, 0.1) is 0 Å². The third-order valence-corrected chi connectivity index (χ3v) is 2.30. The molecule has 0 fully saturated rings. The molecule has 0 aliphatic carbocycles. The minimum Gasteiger partial charge on any atom is -0.324 e. The third kappa shape index (κ3) is 2.60. The molecule has 0 aliphatic heterocycles. The molecule has 2 N–H and O–H groups in total. The number of benzene rings is 1. The van der Waals surface area contributed by atoms with E-state index in [0.29, 0.717) is 0 Å². The van der Waals surface area contributed by atoms with E-state index in [1.165, 1.54) is 0 Å². The zero-order valence-corrected chi connectivity index (χ0v) is 8.38. The van der Waals surface area contributed by atoms with Crippen molar-refractivity contribution in [1.82, 2.24) is 9.97 Å². The van der Waals surface area contributed by atoms with Crippen LogP contribution in [0.4, 0.5) is 0 Å². The third-order valence-electron chi connectivity index (χ3n) is 2.30. The molecule has 76 valence electrons. The zero-order chi connectivity index (χ0) is 10.5.